The van der Waals surface area contributed by atoms with E-state index in [1.54, 1.807) is 6.07 Å². The van der Waals surface area contributed by atoms with Gasteiger partial charge in [0.1, 0.15) is 5.82 Å². The molecule has 1 aromatic rings. The lowest BCUT2D eigenvalue weighted by molar-refractivity contribution is -0.134. The minimum absolute atomic E-state index is 0.0135. The molecule has 0 fully saturated rings. The maximum absolute atomic E-state index is 12.0. The molecule has 1 unspecified atom stereocenters. The highest BCUT2D eigenvalue weighted by Crippen LogP contribution is 2.21. The minimum atomic E-state index is -4.17. The number of halogens is 3. The van der Waals surface area contributed by atoms with E-state index in [0.717, 1.165) is 6.42 Å². The predicted molar refractivity (Wildman–Crippen MR) is 58.4 cm³/mol. The van der Waals surface area contributed by atoms with Gasteiger partial charge in [-0.3, -0.25) is 0 Å². The quantitative estimate of drug-likeness (QED) is 0.868. The predicted octanol–water partition coefficient (Wildman–Crippen LogP) is 2.25. The Bertz CT molecular complexity index is 352. The molecule has 0 aromatic carbocycles. The molecule has 0 aliphatic carbocycles. The summed E-state index contributed by atoms with van der Waals surface area (Å²) in [4.78, 5) is 7.90. The number of hydrogen-bond donors (Lipinski definition) is 1. The van der Waals surface area contributed by atoms with E-state index in [4.69, 9.17) is 5.73 Å². The van der Waals surface area contributed by atoms with Crippen molar-refractivity contribution < 1.29 is 13.2 Å². The number of alkyl halides is 3. The third-order valence-electron chi connectivity index (χ3n) is 2.39. The van der Waals surface area contributed by atoms with Crippen molar-refractivity contribution in [2.24, 2.45) is 5.73 Å². The number of hydrogen-bond acceptors (Lipinski definition) is 3. The fraction of sp³-hybridized carbons (Fsp3) is 0.636. The molecule has 1 heterocycles. The van der Waals surface area contributed by atoms with E-state index in [1.807, 2.05) is 6.92 Å². The van der Waals surface area contributed by atoms with Crippen molar-refractivity contribution in [2.45, 2.75) is 44.8 Å². The summed E-state index contributed by atoms with van der Waals surface area (Å²) in [5.41, 5.74) is 6.46. The molecule has 17 heavy (non-hydrogen) atoms. The van der Waals surface area contributed by atoms with Crippen molar-refractivity contribution in [2.75, 3.05) is 0 Å². The van der Waals surface area contributed by atoms with Gasteiger partial charge < -0.3 is 5.73 Å². The van der Waals surface area contributed by atoms with Gasteiger partial charge in [0, 0.05) is 30.8 Å². The van der Waals surface area contributed by atoms with Gasteiger partial charge in [-0.15, -0.1) is 0 Å². The van der Waals surface area contributed by atoms with Crippen molar-refractivity contribution in [1.82, 2.24) is 9.97 Å². The second kappa shape index (κ2) is 5.95. The first-order valence-electron chi connectivity index (χ1n) is 5.54. The van der Waals surface area contributed by atoms with Gasteiger partial charge in [0.15, 0.2) is 0 Å². The summed E-state index contributed by atoms with van der Waals surface area (Å²) in [6.45, 7) is 1.95. The van der Waals surface area contributed by atoms with Crippen molar-refractivity contribution in [3.8, 4) is 0 Å². The second-order valence-corrected chi connectivity index (χ2v) is 3.95. The molecule has 3 nitrogen and oxygen atoms in total. The topological polar surface area (TPSA) is 51.8 Å². The number of nitrogens with two attached hydrogens (primary N) is 1. The molecule has 1 aromatic heterocycles. The van der Waals surface area contributed by atoms with Crippen LogP contribution in [0.5, 0.6) is 0 Å². The lowest BCUT2D eigenvalue weighted by Gasteiger charge is -2.09. The summed E-state index contributed by atoms with van der Waals surface area (Å²) < 4.78 is 36.1. The average Bonchev–Trinajstić information content (AvgIpc) is 2.26. The normalized spacial score (nSPS) is 13.7. The fourth-order valence-electron chi connectivity index (χ4n) is 1.34. The molecule has 0 spiro atoms. The molecule has 0 saturated carbocycles. The van der Waals surface area contributed by atoms with E-state index in [2.05, 4.69) is 9.97 Å². The van der Waals surface area contributed by atoms with Gasteiger partial charge >= 0.3 is 6.18 Å². The monoisotopic (exact) mass is 247 g/mol. The Hall–Kier alpha value is -1.17. The molecule has 1 atom stereocenters. The molecule has 2 N–H and O–H groups in total. The van der Waals surface area contributed by atoms with E-state index in [1.165, 1.54) is 6.20 Å². The van der Waals surface area contributed by atoms with Crippen molar-refractivity contribution in [1.29, 1.82) is 0 Å². The van der Waals surface area contributed by atoms with Crippen LogP contribution < -0.4 is 5.73 Å². The van der Waals surface area contributed by atoms with Gasteiger partial charge in [0.05, 0.1) is 6.42 Å². The van der Waals surface area contributed by atoms with Crippen LogP contribution in [-0.4, -0.2) is 22.2 Å². The Balaban J connectivity index is 2.60. The minimum Gasteiger partial charge on any atom is -0.327 e. The van der Waals surface area contributed by atoms with E-state index in [-0.39, 0.29) is 18.3 Å². The molecule has 0 aliphatic heterocycles. The van der Waals surface area contributed by atoms with E-state index >= 15 is 0 Å². The Morgan fingerprint density at radius 2 is 2.12 bits per heavy atom. The lowest BCUT2D eigenvalue weighted by atomic mass is 10.1. The molecule has 6 heteroatoms. The van der Waals surface area contributed by atoms with Crippen molar-refractivity contribution in [3.05, 3.63) is 23.8 Å². The standard InChI is InChI=1S/C11H16F3N3/c1-2-8(15)7-9-4-6-16-10(17-9)3-5-11(12,13)14/h4,6,8H,2-3,5,7,15H2,1H3. The van der Waals surface area contributed by atoms with Crippen molar-refractivity contribution in [3.63, 3.8) is 0 Å². The van der Waals surface area contributed by atoms with Gasteiger partial charge in [-0.05, 0) is 12.5 Å². The molecular formula is C11H16F3N3. The first-order valence-corrected chi connectivity index (χ1v) is 5.54. The Morgan fingerprint density at radius 1 is 1.41 bits per heavy atom. The van der Waals surface area contributed by atoms with E-state index in [9.17, 15) is 13.2 Å². The average molecular weight is 247 g/mol. The Labute approximate surface area is 98.3 Å². The van der Waals surface area contributed by atoms with Gasteiger partial charge in [0.25, 0.3) is 0 Å². The van der Waals surface area contributed by atoms with Crippen molar-refractivity contribution >= 4 is 0 Å². The van der Waals surface area contributed by atoms with Gasteiger partial charge in [-0.25, -0.2) is 9.97 Å². The largest absolute Gasteiger partial charge is 0.389 e. The highest BCUT2D eigenvalue weighted by Gasteiger charge is 2.27. The van der Waals surface area contributed by atoms with Crippen LogP contribution in [0, 0.1) is 0 Å². The molecule has 96 valence electrons. The summed E-state index contributed by atoms with van der Waals surface area (Å²) >= 11 is 0. The Morgan fingerprint density at radius 3 is 2.71 bits per heavy atom. The molecule has 0 saturated heterocycles. The van der Waals surface area contributed by atoms with Crippen LogP contribution in [-0.2, 0) is 12.8 Å². The number of nitrogens with zero attached hydrogens (tertiary/aromatic N) is 2. The highest BCUT2D eigenvalue weighted by molar-refractivity contribution is 5.04. The van der Waals surface area contributed by atoms with Gasteiger partial charge in [-0.1, -0.05) is 6.92 Å². The zero-order chi connectivity index (χ0) is 12.9. The SMILES string of the molecule is CCC(N)Cc1ccnc(CCC(F)(F)F)n1. The smallest absolute Gasteiger partial charge is 0.327 e. The summed E-state index contributed by atoms with van der Waals surface area (Å²) in [6, 6.07) is 1.67. The number of aryl methyl sites for hydroxylation is 1. The lowest BCUT2D eigenvalue weighted by Crippen LogP contribution is -2.22. The van der Waals surface area contributed by atoms with Crippen LogP contribution in [0.4, 0.5) is 13.2 Å². The molecule has 0 aliphatic rings. The summed E-state index contributed by atoms with van der Waals surface area (Å²) in [5.74, 6) is 0.225. The highest BCUT2D eigenvalue weighted by atomic mass is 19.4. The zero-order valence-electron chi connectivity index (χ0n) is 9.67. The van der Waals surface area contributed by atoms with E-state index < -0.39 is 12.6 Å². The fourth-order valence-corrected chi connectivity index (χ4v) is 1.34. The van der Waals surface area contributed by atoms with Crippen LogP contribution in [0.1, 0.15) is 31.3 Å². The molecule has 1 rings (SSSR count). The first kappa shape index (κ1) is 13.9. The van der Waals surface area contributed by atoms with Gasteiger partial charge in [-0.2, -0.15) is 13.2 Å². The third kappa shape index (κ3) is 5.63. The van der Waals surface area contributed by atoms with E-state index in [0.29, 0.717) is 12.1 Å². The maximum Gasteiger partial charge on any atom is 0.389 e. The second-order valence-electron chi connectivity index (χ2n) is 3.95. The summed E-state index contributed by atoms with van der Waals surface area (Å²) in [6.07, 6.45) is -2.38. The van der Waals surface area contributed by atoms with Crippen LogP contribution in [0.3, 0.4) is 0 Å². The number of rotatable bonds is 5. The number of aromatic nitrogens is 2. The third-order valence-corrected chi connectivity index (χ3v) is 2.39. The first-order chi connectivity index (χ1) is 7.90. The Kier molecular flexibility index (Phi) is 4.86. The molecule has 0 radical (unpaired) electrons. The van der Waals surface area contributed by atoms with Gasteiger partial charge in [0.2, 0.25) is 0 Å². The summed E-state index contributed by atoms with van der Waals surface area (Å²) in [7, 11) is 0. The zero-order valence-corrected chi connectivity index (χ0v) is 9.67. The van der Waals surface area contributed by atoms with Crippen LogP contribution in [0.15, 0.2) is 12.3 Å². The summed E-state index contributed by atoms with van der Waals surface area (Å²) in [5, 5.41) is 0. The van der Waals surface area contributed by atoms with Crippen LogP contribution in [0.2, 0.25) is 0 Å². The molecule has 0 bridgehead atoms. The van der Waals surface area contributed by atoms with Crippen LogP contribution >= 0.6 is 0 Å². The molecule has 0 amide bonds. The van der Waals surface area contributed by atoms with Crippen LogP contribution in [0.25, 0.3) is 0 Å². The maximum atomic E-state index is 12.0. The molecular weight excluding hydrogens is 231 g/mol.